The Labute approximate surface area is 161 Å². The first kappa shape index (κ1) is 18.8. The van der Waals surface area contributed by atoms with Crippen LogP contribution in [0.5, 0.6) is 11.5 Å². The lowest BCUT2D eigenvalue weighted by atomic mass is 10.1. The molecule has 1 amide bonds. The number of anilines is 1. The number of carbonyl (C=O) groups is 1. The summed E-state index contributed by atoms with van der Waals surface area (Å²) >= 11 is 12.1. The van der Waals surface area contributed by atoms with E-state index in [9.17, 15) is 9.18 Å². The Morgan fingerprint density at radius 2 is 1.81 bits per heavy atom. The van der Waals surface area contributed by atoms with Crippen molar-refractivity contribution < 1.29 is 18.7 Å². The summed E-state index contributed by atoms with van der Waals surface area (Å²) in [6.07, 6.45) is 4.08. The van der Waals surface area contributed by atoms with Crippen molar-refractivity contribution in [3.8, 4) is 11.5 Å². The van der Waals surface area contributed by atoms with Crippen LogP contribution in [0.1, 0.15) is 36.0 Å². The minimum Gasteiger partial charge on any atom is -0.493 e. The van der Waals surface area contributed by atoms with Crippen molar-refractivity contribution in [2.24, 2.45) is 0 Å². The van der Waals surface area contributed by atoms with Crippen molar-refractivity contribution in [2.75, 3.05) is 12.4 Å². The number of carbonyl (C=O) groups excluding carboxylic acids is 1. The zero-order valence-electron chi connectivity index (χ0n) is 14.2. The summed E-state index contributed by atoms with van der Waals surface area (Å²) in [4.78, 5) is 12.6. The summed E-state index contributed by atoms with van der Waals surface area (Å²) < 4.78 is 25.5. The fraction of sp³-hybridized carbons (Fsp3) is 0.316. The van der Waals surface area contributed by atoms with E-state index in [0.717, 1.165) is 31.7 Å². The fourth-order valence-electron chi connectivity index (χ4n) is 2.94. The molecule has 4 nitrogen and oxygen atoms in total. The van der Waals surface area contributed by atoms with Crippen molar-refractivity contribution in [3.05, 3.63) is 51.8 Å². The van der Waals surface area contributed by atoms with Crippen LogP contribution in [0.4, 0.5) is 10.1 Å². The Morgan fingerprint density at radius 3 is 2.42 bits per heavy atom. The lowest BCUT2D eigenvalue weighted by Gasteiger charge is -2.17. The molecule has 138 valence electrons. The van der Waals surface area contributed by atoms with Crippen LogP contribution in [0, 0.1) is 5.82 Å². The molecule has 7 heteroatoms. The second kappa shape index (κ2) is 8.14. The van der Waals surface area contributed by atoms with Crippen LogP contribution < -0.4 is 14.8 Å². The standard InChI is InChI=1S/C19H18Cl2FNO3/c1-25-16-10-15(22)12(9-17(16)26-11-5-2-3-6-11)19(24)23-18-13(20)7-4-8-14(18)21/h4,7-11H,2-3,5-6H2,1H3,(H,23,24). The smallest absolute Gasteiger partial charge is 0.258 e. The van der Waals surface area contributed by atoms with E-state index >= 15 is 0 Å². The van der Waals surface area contributed by atoms with Crippen LogP contribution >= 0.6 is 23.2 Å². The van der Waals surface area contributed by atoms with E-state index in [1.54, 1.807) is 18.2 Å². The van der Waals surface area contributed by atoms with Crippen molar-refractivity contribution in [1.82, 2.24) is 0 Å². The van der Waals surface area contributed by atoms with Crippen LogP contribution in [-0.4, -0.2) is 19.1 Å². The lowest BCUT2D eigenvalue weighted by Crippen LogP contribution is -2.16. The molecule has 3 rings (SSSR count). The summed E-state index contributed by atoms with van der Waals surface area (Å²) in [6, 6.07) is 7.33. The van der Waals surface area contributed by atoms with Crippen molar-refractivity contribution in [1.29, 1.82) is 0 Å². The van der Waals surface area contributed by atoms with Gasteiger partial charge in [0.2, 0.25) is 0 Å². The third-order valence-electron chi connectivity index (χ3n) is 4.30. The highest BCUT2D eigenvalue weighted by molar-refractivity contribution is 6.40. The molecular formula is C19H18Cl2FNO3. The molecule has 0 spiro atoms. The molecular weight excluding hydrogens is 380 g/mol. The van der Waals surface area contributed by atoms with Gasteiger partial charge in [0.1, 0.15) is 5.82 Å². The number of nitrogens with one attached hydrogen (secondary N) is 1. The Morgan fingerprint density at radius 1 is 1.15 bits per heavy atom. The van der Waals surface area contributed by atoms with E-state index in [4.69, 9.17) is 32.7 Å². The number of ether oxygens (including phenoxy) is 2. The van der Waals surface area contributed by atoms with Gasteiger partial charge in [-0.05, 0) is 43.9 Å². The SMILES string of the molecule is COc1cc(F)c(C(=O)Nc2c(Cl)cccc2Cl)cc1OC1CCCC1. The number of amides is 1. The maximum Gasteiger partial charge on any atom is 0.258 e. The maximum absolute atomic E-state index is 14.4. The molecule has 0 atom stereocenters. The quantitative estimate of drug-likeness (QED) is 0.701. The molecule has 26 heavy (non-hydrogen) atoms. The van der Waals surface area contributed by atoms with E-state index in [-0.39, 0.29) is 33.1 Å². The predicted octanol–water partition coefficient (Wildman–Crippen LogP) is 5.71. The van der Waals surface area contributed by atoms with Gasteiger partial charge >= 0.3 is 0 Å². The van der Waals surface area contributed by atoms with Crippen molar-refractivity contribution >= 4 is 34.8 Å². The molecule has 1 aliphatic rings. The van der Waals surface area contributed by atoms with Gasteiger partial charge in [0, 0.05) is 6.07 Å². The monoisotopic (exact) mass is 397 g/mol. The Bertz CT molecular complexity index is 802. The normalized spacial score (nSPS) is 14.3. The van der Waals surface area contributed by atoms with E-state index < -0.39 is 11.7 Å². The van der Waals surface area contributed by atoms with Crippen molar-refractivity contribution in [2.45, 2.75) is 31.8 Å². The number of benzene rings is 2. The zero-order valence-corrected chi connectivity index (χ0v) is 15.7. The number of rotatable bonds is 5. The Balaban J connectivity index is 1.89. The molecule has 1 aliphatic carbocycles. The molecule has 0 saturated heterocycles. The summed E-state index contributed by atoms with van der Waals surface area (Å²) in [5.41, 5.74) is 0.0593. The summed E-state index contributed by atoms with van der Waals surface area (Å²) in [5, 5.41) is 3.09. The fourth-order valence-corrected chi connectivity index (χ4v) is 3.44. The average molecular weight is 398 g/mol. The number of para-hydroxylation sites is 1. The highest BCUT2D eigenvalue weighted by atomic mass is 35.5. The maximum atomic E-state index is 14.4. The minimum atomic E-state index is -0.721. The summed E-state index contributed by atoms with van der Waals surface area (Å²) in [7, 11) is 1.43. The minimum absolute atomic E-state index is 0.0447. The third kappa shape index (κ3) is 4.05. The van der Waals surface area contributed by atoms with Gasteiger partial charge in [-0.1, -0.05) is 29.3 Å². The number of halogens is 3. The van der Waals surface area contributed by atoms with Gasteiger partial charge in [0.05, 0.1) is 34.5 Å². The Kier molecular flexibility index (Phi) is 5.89. The average Bonchev–Trinajstić information content (AvgIpc) is 3.12. The molecule has 0 unspecified atom stereocenters. The molecule has 2 aromatic rings. The van der Waals surface area contributed by atoms with Gasteiger partial charge in [0.15, 0.2) is 11.5 Å². The molecule has 1 saturated carbocycles. The van der Waals surface area contributed by atoms with E-state index in [1.165, 1.54) is 13.2 Å². The second-order valence-corrected chi connectivity index (χ2v) is 6.87. The first-order valence-corrected chi connectivity index (χ1v) is 9.04. The van der Waals surface area contributed by atoms with E-state index in [1.807, 2.05) is 0 Å². The van der Waals surface area contributed by atoms with Gasteiger partial charge in [-0.3, -0.25) is 4.79 Å². The molecule has 0 radical (unpaired) electrons. The molecule has 1 N–H and O–H groups in total. The molecule has 0 aliphatic heterocycles. The molecule has 0 aromatic heterocycles. The van der Waals surface area contributed by atoms with Crippen LogP contribution in [0.15, 0.2) is 30.3 Å². The highest BCUT2D eigenvalue weighted by Gasteiger charge is 2.23. The largest absolute Gasteiger partial charge is 0.493 e. The van der Waals surface area contributed by atoms with E-state index in [2.05, 4.69) is 5.32 Å². The first-order valence-electron chi connectivity index (χ1n) is 8.29. The predicted molar refractivity (Wildman–Crippen MR) is 100 cm³/mol. The number of hydrogen-bond donors (Lipinski definition) is 1. The number of hydrogen-bond acceptors (Lipinski definition) is 3. The topological polar surface area (TPSA) is 47.6 Å². The first-order chi connectivity index (χ1) is 12.5. The van der Waals surface area contributed by atoms with Gasteiger partial charge in [-0.15, -0.1) is 0 Å². The van der Waals surface area contributed by atoms with Gasteiger partial charge in [0.25, 0.3) is 5.91 Å². The van der Waals surface area contributed by atoms with Gasteiger partial charge < -0.3 is 14.8 Å². The van der Waals surface area contributed by atoms with E-state index in [0.29, 0.717) is 5.75 Å². The van der Waals surface area contributed by atoms with Crippen LogP contribution in [0.25, 0.3) is 0 Å². The highest BCUT2D eigenvalue weighted by Crippen LogP contribution is 2.35. The molecule has 0 bridgehead atoms. The lowest BCUT2D eigenvalue weighted by molar-refractivity contribution is 0.102. The number of methoxy groups -OCH3 is 1. The van der Waals surface area contributed by atoms with Gasteiger partial charge in [-0.2, -0.15) is 0 Å². The molecule has 1 fully saturated rings. The van der Waals surface area contributed by atoms with Crippen LogP contribution in [0.3, 0.4) is 0 Å². The third-order valence-corrected chi connectivity index (χ3v) is 4.93. The van der Waals surface area contributed by atoms with Crippen LogP contribution in [-0.2, 0) is 0 Å². The van der Waals surface area contributed by atoms with Crippen LogP contribution in [0.2, 0.25) is 10.0 Å². The summed E-state index contributed by atoms with van der Waals surface area (Å²) in [6.45, 7) is 0. The molecule has 2 aromatic carbocycles. The zero-order chi connectivity index (χ0) is 18.7. The molecule has 0 heterocycles. The van der Waals surface area contributed by atoms with Gasteiger partial charge in [-0.25, -0.2) is 4.39 Å². The summed E-state index contributed by atoms with van der Waals surface area (Å²) in [5.74, 6) is -0.796. The van der Waals surface area contributed by atoms with Crippen molar-refractivity contribution in [3.63, 3.8) is 0 Å². The Hall–Kier alpha value is -1.98. The second-order valence-electron chi connectivity index (χ2n) is 6.06.